The highest BCUT2D eigenvalue weighted by Gasteiger charge is 2.28. The summed E-state index contributed by atoms with van der Waals surface area (Å²) in [7, 11) is 0. The molecule has 0 aromatic carbocycles. The summed E-state index contributed by atoms with van der Waals surface area (Å²) in [6, 6.07) is 1.80. The van der Waals surface area contributed by atoms with Crippen molar-refractivity contribution in [2.75, 3.05) is 18.4 Å². The number of hydrogen-bond donors (Lipinski definition) is 1. The van der Waals surface area contributed by atoms with Crippen LogP contribution in [0.5, 0.6) is 0 Å². The van der Waals surface area contributed by atoms with Gasteiger partial charge in [0.15, 0.2) is 5.82 Å². The predicted molar refractivity (Wildman–Crippen MR) is 89.9 cm³/mol. The molecule has 3 rings (SSSR count). The number of carbonyl (C=O) groups excluding carboxylic acids is 1. The van der Waals surface area contributed by atoms with Crippen molar-refractivity contribution in [3.05, 3.63) is 16.8 Å². The zero-order valence-electron chi connectivity index (χ0n) is 12.0. The number of carbonyl (C=O) groups is 1. The number of terminal acetylenes is 1. The molecule has 114 valence electrons. The lowest BCUT2D eigenvalue weighted by atomic mass is 10.0. The van der Waals surface area contributed by atoms with Crippen LogP contribution in [-0.4, -0.2) is 39.3 Å². The van der Waals surface area contributed by atoms with Crippen LogP contribution >= 0.6 is 22.9 Å². The molecule has 0 unspecified atom stereocenters. The van der Waals surface area contributed by atoms with Gasteiger partial charge in [0.2, 0.25) is 11.0 Å². The van der Waals surface area contributed by atoms with Crippen LogP contribution in [0.2, 0.25) is 0 Å². The number of thiophene rings is 1. The summed E-state index contributed by atoms with van der Waals surface area (Å²) < 4.78 is 4.29. The van der Waals surface area contributed by atoms with Crippen LogP contribution in [0.15, 0.2) is 16.8 Å². The largest absolute Gasteiger partial charge is 0.299 e. The lowest BCUT2D eigenvalue weighted by Crippen LogP contribution is -2.47. The average Bonchev–Trinajstić information content (AvgIpc) is 3.19. The lowest BCUT2D eigenvalue weighted by molar-refractivity contribution is -0.122. The highest BCUT2D eigenvalue weighted by Crippen LogP contribution is 2.24. The molecule has 1 N–H and O–H groups in total. The smallest absolute Gasteiger partial charge is 0.243 e. The van der Waals surface area contributed by atoms with Gasteiger partial charge in [-0.15, -0.1) is 6.42 Å². The molecule has 2 aromatic heterocycles. The molecule has 1 atom stereocenters. The molecule has 1 amide bonds. The number of rotatable bonds is 4. The highest BCUT2D eigenvalue weighted by molar-refractivity contribution is 7.10. The van der Waals surface area contributed by atoms with Crippen LogP contribution in [0.25, 0.3) is 11.4 Å². The average molecular weight is 332 g/mol. The van der Waals surface area contributed by atoms with E-state index in [1.54, 1.807) is 11.3 Å². The minimum absolute atomic E-state index is 0.0389. The van der Waals surface area contributed by atoms with E-state index in [9.17, 15) is 4.79 Å². The molecule has 0 radical (unpaired) electrons. The first-order valence-electron chi connectivity index (χ1n) is 7.12. The van der Waals surface area contributed by atoms with Crippen molar-refractivity contribution in [3.8, 4) is 23.7 Å². The molecular weight excluding hydrogens is 316 g/mol. The quantitative estimate of drug-likeness (QED) is 0.875. The van der Waals surface area contributed by atoms with Crippen molar-refractivity contribution >= 4 is 33.9 Å². The fourth-order valence-corrected chi connectivity index (χ4v) is 3.79. The maximum Gasteiger partial charge on any atom is 0.243 e. The molecule has 2 aromatic rings. The maximum atomic E-state index is 12.5. The Balaban J connectivity index is 1.67. The molecule has 5 nitrogen and oxygen atoms in total. The molecule has 3 heterocycles. The standard InChI is InChI=1S/C15H16N4OS2/c1-2-7-19-8-4-3-5-12(19)14(20)17-15-16-13(18-22-15)11-6-9-21-10-11/h1,6,9-10,12H,3-5,7-8H2,(H,16,17,18,20)/t12-/m0/s1. The Labute approximate surface area is 137 Å². The zero-order valence-corrected chi connectivity index (χ0v) is 13.6. The van der Waals surface area contributed by atoms with Crippen LogP contribution in [0, 0.1) is 12.3 Å². The topological polar surface area (TPSA) is 58.1 Å². The van der Waals surface area contributed by atoms with Gasteiger partial charge in [-0.1, -0.05) is 12.3 Å². The second-order valence-electron chi connectivity index (χ2n) is 5.11. The Hall–Kier alpha value is -1.75. The Kier molecular flexibility index (Phi) is 4.83. The molecule has 1 aliphatic rings. The van der Waals surface area contributed by atoms with E-state index in [0.717, 1.165) is 31.4 Å². The van der Waals surface area contributed by atoms with E-state index >= 15 is 0 Å². The number of nitrogens with zero attached hydrogens (tertiary/aromatic N) is 3. The maximum absolute atomic E-state index is 12.5. The van der Waals surface area contributed by atoms with E-state index in [-0.39, 0.29) is 11.9 Å². The highest BCUT2D eigenvalue weighted by atomic mass is 32.1. The number of aromatic nitrogens is 2. The summed E-state index contributed by atoms with van der Waals surface area (Å²) in [4.78, 5) is 18.9. The van der Waals surface area contributed by atoms with E-state index in [2.05, 4.69) is 25.5 Å². The van der Waals surface area contributed by atoms with Crippen LogP contribution in [0.4, 0.5) is 5.13 Å². The van der Waals surface area contributed by atoms with E-state index in [0.29, 0.717) is 17.5 Å². The molecule has 1 saturated heterocycles. The third-order valence-corrected chi connectivity index (χ3v) is 4.96. The normalized spacial score (nSPS) is 18.8. The van der Waals surface area contributed by atoms with Gasteiger partial charge in [-0.2, -0.15) is 20.7 Å². The van der Waals surface area contributed by atoms with Crippen LogP contribution < -0.4 is 5.32 Å². The van der Waals surface area contributed by atoms with Crippen molar-refractivity contribution in [2.45, 2.75) is 25.3 Å². The van der Waals surface area contributed by atoms with Gasteiger partial charge in [-0.05, 0) is 30.8 Å². The third kappa shape index (κ3) is 3.35. The van der Waals surface area contributed by atoms with Gasteiger partial charge in [0.05, 0.1) is 12.6 Å². The predicted octanol–water partition coefficient (Wildman–Crippen LogP) is 2.69. The minimum Gasteiger partial charge on any atom is -0.299 e. The van der Waals surface area contributed by atoms with Crippen LogP contribution in [0.3, 0.4) is 0 Å². The van der Waals surface area contributed by atoms with E-state index < -0.39 is 0 Å². The van der Waals surface area contributed by atoms with Crippen molar-refractivity contribution in [1.29, 1.82) is 0 Å². The van der Waals surface area contributed by atoms with E-state index in [1.807, 2.05) is 16.8 Å². The monoisotopic (exact) mass is 332 g/mol. The van der Waals surface area contributed by atoms with Gasteiger partial charge in [0, 0.05) is 22.5 Å². The first-order valence-corrected chi connectivity index (χ1v) is 8.84. The molecule has 0 aliphatic carbocycles. The summed E-state index contributed by atoms with van der Waals surface area (Å²) in [5.41, 5.74) is 0.980. The summed E-state index contributed by atoms with van der Waals surface area (Å²) in [5, 5.41) is 7.39. The van der Waals surface area contributed by atoms with Gasteiger partial charge < -0.3 is 0 Å². The molecule has 0 spiro atoms. The Morgan fingerprint density at radius 2 is 2.45 bits per heavy atom. The van der Waals surface area contributed by atoms with Gasteiger partial charge >= 0.3 is 0 Å². The van der Waals surface area contributed by atoms with Gasteiger partial charge in [0.1, 0.15) is 0 Å². The van der Waals surface area contributed by atoms with Gasteiger partial charge in [-0.25, -0.2) is 0 Å². The van der Waals surface area contributed by atoms with Crippen molar-refractivity contribution in [1.82, 2.24) is 14.3 Å². The molecule has 1 aliphatic heterocycles. The Bertz CT molecular complexity index is 674. The minimum atomic E-state index is -0.168. The molecule has 0 bridgehead atoms. The lowest BCUT2D eigenvalue weighted by Gasteiger charge is -2.32. The van der Waals surface area contributed by atoms with Crippen molar-refractivity contribution in [3.63, 3.8) is 0 Å². The SMILES string of the molecule is C#CCN1CCCC[C@H]1C(=O)Nc1nc(-c2ccsc2)ns1. The fraction of sp³-hybridized carbons (Fsp3) is 0.400. The first kappa shape index (κ1) is 15.2. The molecule has 22 heavy (non-hydrogen) atoms. The van der Waals surface area contributed by atoms with Crippen molar-refractivity contribution < 1.29 is 4.79 Å². The molecule has 0 saturated carbocycles. The van der Waals surface area contributed by atoms with E-state index in [1.165, 1.54) is 11.5 Å². The number of likely N-dealkylation sites (tertiary alicyclic amines) is 1. The third-order valence-electron chi connectivity index (χ3n) is 3.65. The summed E-state index contributed by atoms with van der Waals surface area (Å²) in [5.74, 6) is 3.25. The summed E-state index contributed by atoms with van der Waals surface area (Å²) >= 11 is 2.81. The Morgan fingerprint density at radius 3 is 3.23 bits per heavy atom. The summed E-state index contributed by atoms with van der Waals surface area (Å²) in [6.45, 7) is 1.38. The second kappa shape index (κ2) is 7.01. The Morgan fingerprint density at radius 1 is 1.55 bits per heavy atom. The van der Waals surface area contributed by atoms with E-state index in [4.69, 9.17) is 6.42 Å². The summed E-state index contributed by atoms with van der Waals surface area (Å²) in [6.07, 6.45) is 8.37. The van der Waals surface area contributed by atoms with Crippen molar-refractivity contribution in [2.24, 2.45) is 0 Å². The van der Waals surface area contributed by atoms with Gasteiger partial charge in [0.25, 0.3) is 0 Å². The first-order chi connectivity index (χ1) is 10.8. The number of anilines is 1. The number of piperidine rings is 1. The molecular formula is C15H16N4OS2. The number of hydrogen-bond acceptors (Lipinski definition) is 6. The molecule has 1 fully saturated rings. The van der Waals surface area contributed by atoms with Crippen LogP contribution in [0.1, 0.15) is 19.3 Å². The second-order valence-corrected chi connectivity index (χ2v) is 6.64. The van der Waals surface area contributed by atoms with Crippen LogP contribution in [-0.2, 0) is 4.79 Å². The number of nitrogens with one attached hydrogen (secondary N) is 1. The molecule has 7 heteroatoms. The van der Waals surface area contributed by atoms with Gasteiger partial charge in [-0.3, -0.25) is 15.0 Å². The number of amides is 1. The zero-order chi connectivity index (χ0) is 15.4. The fourth-order valence-electron chi connectivity index (χ4n) is 2.57.